The number of hydrogen-bond donors (Lipinski definition) is 1. The van der Waals surface area contributed by atoms with Crippen LogP contribution in [0.2, 0.25) is 0 Å². The van der Waals surface area contributed by atoms with Gasteiger partial charge in [-0.15, -0.1) is 11.3 Å². The quantitative estimate of drug-likeness (QED) is 0.702. The number of halogens is 1. The minimum Gasteiger partial charge on any atom is -0.382 e. The van der Waals surface area contributed by atoms with Gasteiger partial charge in [-0.1, -0.05) is 31.4 Å². The van der Waals surface area contributed by atoms with Gasteiger partial charge >= 0.3 is 0 Å². The number of nitrogens with one attached hydrogen (secondary N) is 1. The molecule has 3 rings (SSSR count). The maximum absolute atomic E-state index is 10.9. The van der Waals surface area contributed by atoms with Crippen LogP contribution in [0, 0.1) is 0 Å². The van der Waals surface area contributed by atoms with Crippen LogP contribution in [-0.4, -0.2) is 12.3 Å². The number of benzene rings is 1. The lowest BCUT2D eigenvalue weighted by Gasteiger charge is -2.24. The second-order valence-electron chi connectivity index (χ2n) is 5.50. The number of thiophene rings is 1. The van der Waals surface area contributed by atoms with E-state index in [4.69, 9.17) is 0 Å². The molecule has 0 bridgehead atoms. The SMILES string of the molecule is O=Cc1cc(Br)c(-c2cccc(NC3CCCCC3)c2)s1. The van der Waals surface area contributed by atoms with Crippen LogP contribution in [0.15, 0.2) is 34.8 Å². The molecule has 0 unspecified atom stereocenters. The first-order chi connectivity index (χ1) is 10.3. The second-order valence-corrected chi connectivity index (χ2v) is 7.44. The molecular weight excluding hydrogens is 346 g/mol. The lowest BCUT2D eigenvalue weighted by Crippen LogP contribution is -2.22. The summed E-state index contributed by atoms with van der Waals surface area (Å²) in [6, 6.07) is 11.0. The number of hydrogen-bond acceptors (Lipinski definition) is 3. The molecule has 0 amide bonds. The Labute approximate surface area is 137 Å². The summed E-state index contributed by atoms with van der Waals surface area (Å²) in [7, 11) is 0. The van der Waals surface area contributed by atoms with Gasteiger partial charge in [-0.2, -0.15) is 0 Å². The van der Waals surface area contributed by atoms with Gasteiger partial charge in [-0.25, -0.2) is 0 Å². The van der Waals surface area contributed by atoms with E-state index in [1.165, 1.54) is 49.1 Å². The highest BCUT2D eigenvalue weighted by Crippen LogP contribution is 2.37. The summed E-state index contributed by atoms with van der Waals surface area (Å²) < 4.78 is 0.990. The van der Waals surface area contributed by atoms with E-state index in [0.29, 0.717) is 6.04 Å². The Bertz CT molecular complexity index is 631. The average molecular weight is 364 g/mol. The van der Waals surface area contributed by atoms with E-state index in [2.05, 4.69) is 45.5 Å². The Morgan fingerprint density at radius 1 is 1.19 bits per heavy atom. The molecular formula is C17H18BrNOS. The molecule has 1 aliphatic rings. The number of anilines is 1. The number of aldehydes is 1. The van der Waals surface area contributed by atoms with Crippen molar-refractivity contribution in [3.63, 3.8) is 0 Å². The third kappa shape index (κ3) is 3.55. The fraction of sp³-hybridized carbons (Fsp3) is 0.353. The summed E-state index contributed by atoms with van der Waals surface area (Å²) in [6.07, 6.45) is 7.47. The standard InChI is InChI=1S/C17H18BrNOS/c18-16-10-15(11-20)21-17(16)12-5-4-8-14(9-12)19-13-6-2-1-3-7-13/h4-5,8-11,13,19H,1-3,6-7H2. The highest BCUT2D eigenvalue weighted by atomic mass is 79.9. The summed E-state index contributed by atoms with van der Waals surface area (Å²) in [4.78, 5) is 12.8. The Kier molecular flexibility index (Phi) is 4.76. The Balaban J connectivity index is 1.81. The number of rotatable bonds is 4. The van der Waals surface area contributed by atoms with E-state index < -0.39 is 0 Å². The van der Waals surface area contributed by atoms with Gasteiger partial charge in [0.25, 0.3) is 0 Å². The molecule has 1 aromatic carbocycles. The molecule has 0 aliphatic heterocycles. The molecule has 110 valence electrons. The highest BCUT2D eigenvalue weighted by molar-refractivity contribution is 9.10. The molecule has 2 aromatic rings. The molecule has 0 saturated heterocycles. The van der Waals surface area contributed by atoms with Crippen LogP contribution < -0.4 is 5.32 Å². The predicted octanol–water partition coefficient (Wildman–Crippen LogP) is 5.73. The first-order valence-electron chi connectivity index (χ1n) is 7.38. The number of carbonyl (C=O) groups excluding carboxylic acids is 1. The van der Waals surface area contributed by atoms with Crippen LogP contribution in [0.5, 0.6) is 0 Å². The first kappa shape index (κ1) is 14.8. The van der Waals surface area contributed by atoms with Crippen molar-refractivity contribution in [2.75, 3.05) is 5.32 Å². The highest BCUT2D eigenvalue weighted by Gasteiger charge is 2.14. The van der Waals surface area contributed by atoms with Gasteiger partial charge in [0.2, 0.25) is 0 Å². The molecule has 0 spiro atoms. The second kappa shape index (κ2) is 6.75. The molecule has 0 radical (unpaired) electrons. The molecule has 21 heavy (non-hydrogen) atoms. The third-order valence-electron chi connectivity index (χ3n) is 3.92. The largest absolute Gasteiger partial charge is 0.382 e. The maximum Gasteiger partial charge on any atom is 0.160 e. The molecule has 0 atom stereocenters. The van der Waals surface area contributed by atoms with Crippen molar-refractivity contribution in [1.29, 1.82) is 0 Å². The zero-order chi connectivity index (χ0) is 14.7. The zero-order valence-electron chi connectivity index (χ0n) is 11.8. The van der Waals surface area contributed by atoms with E-state index in [1.54, 1.807) is 0 Å². The smallest absolute Gasteiger partial charge is 0.160 e. The predicted molar refractivity (Wildman–Crippen MR) is 93.3 cm³/mol. The number of carbonyl (C=O) groups is 1. The van der Waals surface area contributed by atoms with Crippen LogP contribution in [0.3, 0.4) is 0 Å². The topological polar surface area (TPSA) is 29.1 Å². The summed E-state index contributed by atoms with van der Waals surface area (Å²) in [5, 5.41) is 3.65. The molecule has 1 saturated carbocycles. The molecule has 1 fully saturated rings. The summed E-state index contributed by atoms with van der Waals surface area (Å²) in [5.41, 5.74) is 2.33. The van der Waals surface area contributed by atoms with Gasteiger partial charge in [0.05, 0.1) is 4.88 Å². The maximum atomic E-state index is 10.9. The van der Waals surface area contributed by atoms with E-state index in [0.717, 1.165) is 26.1 Å². The third-order valence-corrected chi connectivity index (χ3v) is 5.92. The summed E-state index contributed by atoms with van der Waals surface area (Å²) in [5.74, 6) is 0. The van der Waals surface area contributed by atoms with Gasteiger partial charge in [0.15, 0.2) is 6.29 Å². The first-order valence-corrected chi connectivity index (χ1v) is 8.98. The summed E-state index contributed by atoms with van der Waals surface area (Å²) in [6.45, 7) is 0. The van der Waals surface area contributed by atoms with E-state index in [1.807, 2.05) is 6.07 Å². The van der Waals surface area contributed by atoms with Crippen LogP contribution in [0.1, 0.15) is 41.8 Å². The average Bonchev–Trinajstić information content (AvgIpc) is 2.90. The summed E-state index contributed by atoms with van der Waals surface area (Å²) >= 11 is 5.07. The molecule has 1 aliphatic carbocycles. The van der Waals surface area contributed by atoms with Crippen molar-refractivity contribution >= 4 is 39.2 Å². The molecule has 2 nitrogen and oxygen atoms in total. The minimum atomic E-state index is 0.603. The van der Waals surface area contributed by atoms with Crippen molar-refractivity contribution < 1.29 is 4.79 Å². The molecule has 1 heterocycles. The van der Waals surface area contributed by atoms with Gasteiger partial charge in [-0.3, -0.25) is 4.79 Å². The fourth-order valence-electron chi connectivity index (χ4n) is 2.87. The van der Waals surface area contributed by atoms with Crippen molar-refractivity contribution in [3.8, 4) is 10.4 Å². The molecule has 1 aromatic heterocycles. The van der Waals surface area contributed by atoms with Crippen LogP contribution in [0.25, 0.3) is 10.4 Å². The molecule has 1 N–H and O–H groups in total. The van der Waals surface area contributed by atoms with Crippen molar-refractivity contribution in [3.05, 3.63) is 39.7 Å². The minimum absolute atomic E-state index is 0.603. The van der Waals surface area contributed by atoms with Gasteiger partial charge in [0.1, 0.15) is 0 Å². The van der Waals surface area contributed by atoms with Crippen LogP contribution in [-0.2, 0) is 0 Å². The van der Waals surface area contributed by atoms with Crippen LogP contribution >= 0.6 is 27.3 Å². The Morgan fingerprint density at radius 3 is 2.71 bits per heavy atom. The van der Waals surface area contributed by atoms with E-state index >= 15 is 0 Å². The lowest BCUT2D eigenvalue weighted by molar-refractivity contribution is 0.112. The molecule has 4 heteroatoms. The van der Waals surface area contributed by atoms with Gasteiger partial charge in [0, 0.05) is 21.1 Å². The fourth-order valence-corrected chi connectivity index (χ4v) is 4.61. The van der Waals surface area contributed by atoms with Crippen molar-refractivity contribution in [2.24, 2.45) is 0 Å². The lowest BCUT2D eigenvalue weighted by atomic mass is 9.95. The zero-order valence-corrected chi connectivity index (χ0v) is 14.2. The van der Waals surface area contributed by atoms with Crippen LogP contribution in [0.4, 0.5) is 5.69 Å². The normalized spacial score (nSPS) is 15.9. The Morgan fingerprint density at radius 2 is 2.00 bits per heavy atom. The van der Waals surface area contributed by atoms with Crippen molar-refractivity contribution in [1.82, 2.24) is 0 Å². The van der Waals surface area contributed by atoms with Gasteiger partial charge in [-0.05, 0) is 52.5 Å². The monoisotopic (exact) mass is 363 g/mol. The van der Waals surface area contributed by atoms with Crippen molar-refractivity contribution in [2.45, 2.75) is 38.1 Å². The van der Waals surface area contributed by atoms with E-state index in [9.17, 15) is 4.79 Å². The Hall–Kier alpha value is -1.13. The van der Waals surface area contributed by atoms with Gasteiger partial charge < -0.3 is 5.32 Å². The van der Waals surface area contributed by atoms with E-state index in [-0.39, 0.29) is 0 Å².